The second kappa shape index (κ2) is 6.39. The highest BCUT2D eigenvalue weighted by atomic mass is 35.5. The Morgan fingerprint density at radius 1 is 1.00 bits per heavy atom. The molecule has 1 N–H and O–H groups in total. The first-order valence-electron chi connectivity index (χ1n) is 7.00. The van der Waals surface area contributed by atoms with Gasteiger partial charge < -0.3 is 5.11 Å². The van der Waals surface area contributed by atoms with Crippen LogP contribution in [0.1, 0.15) is 43.6 Å². The van der Waals surface area contributed by atoms with Gasteiger partial charge in [-0.2, -0.15) is 0 Å². The van der Waals surface area contributed by atoms with E-state index in [1.165, 1.54) is 5.56 Å². The summed E-state index contributed by atoms with van der Waals surface area (Å²) in [5.41, 5.74) is 3.16. The van der Waals surface area contributed by atoms with Gasteiger partial charge in [0.2, 0.25) is 0 Å². The standard InChI is InChI=1S/C18H20Cl2O/c1-18(2,3)14-7-4-12(5-8-14)17(21)10-13-6-9-15(19)11-16(13)20/h4-9,11,17,21H,10H2,1-3H3. The maximum atomic E-state index is 10.4. The second-order valence-corrected chi connectivity index (χ2v) is 7.17. The largest absolute Gasteiger partial charge is 0.388 e. The zero-order valence-electron chi connectivity index (χ0n) is 12.5. The molecule has 0 aliphatic rings. The highest BCUT2D eigenvalue weighted by molar-refractivity contribution is 6.35. The van der Waals surface area contributed by atoms with Crippen LogP contribution >= 0.6 is 23.2 Å². The van der Waals surface area contributed by atoms with Crippen molar-refractivity contribution >= 4 is 23.2 Å². The molecule has 0 aromatic heterocycles. The van der Waals surface area contributed by atoms with Crippen molar-refractivity contribution in [3.63, 3.8) is 0 Å². The lowest BCUT2D eigenvalue weighted by Gasteiger charge is -2.20. The summed E-state index contributed by atoms with van der Waals surface area (Å²) in [5.74, 6) is 0. The van der Waals surface area contributed by atoms with Gasteiger partial charge in [-0.25, -0.2) is 0 Å². The van der Waals surface area contributed by atoms with Crippen LogP contribution in [0.15, 0.2) is 42.5 Å². The van der Waals surface area contributed by atoms with Gasteiger partial charge in [-0.05, 0) is 34.2 Å². The summed E-state index contributed by atoms with van der Waals surface area (Å²) in [4.78, 5) is 0. The monoisotopic (exact) mass is 322 g/mol. The van der Waals surface area contributed by atoms with Crippen molar-refractivity contribution in [2.75, 3.05) is 0 Å². The molecular formula is C18H20Cl2O. The summed E-state index contributed by atoms with van der Waals surface area (Å²) in [6.07, 6.45) is -0.0945. The van der Waals surface area contributed by atoms with Crippen LogP contribution in [0.25, 0.3) is 0 Å². The second-order valence-electron chi connectivity index (χ2n) is 6.33. The number of hydrogen-bond acceptors (Lipinski definition) is 1. The molecule has 0 radical (unpaired) electrons. The van der Waals surface area contributed by atoms with Crippen molar-refractivity contribution in [3.8, 4) is 0 Å². The lowest BCUT2D eigenvalue weighted by molar-refractivity contribution is 0.178. The van der Waals surface area contributed by atoms with Gasteiger partial charge in [-0.3, -0.25) is 0 Å². The molecule has 3 heteroatoms. The molecule has 0 aliphatic carbocycles. The van der Waals surface area contributed by atoms with Crippen molar-refractivity contribution < 1.29 is 5.11 Å². The first-order valence-corrected chi connectivity index (χ1v) is 7.75. The SMILES string of the molecule is CC(C)(C)c1ccc(C(O)Cc2ccc(Cl)cc2Cl)cc1. The zero-order valence-corrected chi connectivity index (χ0v) is 14.0. The van der Waals surface area contributed by atoms with Gasteiger partial charge in [0.15, 0.2) is 0 Å². The molecule has 0 heterocycles. The Kier molecular flexibility index (Phi) is 4.98. The third-order valence-corrected chi connectivity index (χ3v) is 4.18. The Hall–Kier alpha value is -1.02. The van der Waals surface area contributed by atoms with Crippen LogP contribution < -0.4 is 0 Å². The van der Waals surface area contributed by atoms with Gasteiger partial charge in [-0.1, -0.05) is 74.3 Å². The molecule has 1 nitrogen and oxygen atoms in total. The van der Waals surface area contributed by atoms with E-state index < -0.39 is 6.10 Å². The molecule has 0 bridgehead atoms. The summed E-state index contributed by atoms with van der Waals surface area (Å²) in [7, 11) is 0. The van der Waals surface area contributed by atoms with Gasteiger partial charge in [0.05, 0.1) is 6.10 Å². The third kappa shape index (κ3) is 4.23. The summed E-state index contributed by atoms with van der Waals surface area (Å²) < 4.78 is 0. The highest BCUT2D eigenvalue weighted by Gasteiger charge is 2.15. The quantitative estimate of drug-likeness (QED) is 0.783. The molecule has 0 amide bonds. The number of benzene rings is 2. The van der Waals surface area contributed by atoms with Crippen LogP contribution in [0.5, 0.6) is 0 Å². The van der Waals surface area contributed by atoms with E-state index in [9.17, 15) is 5.11 Å². The number of aliphatic hydroxyl groups excluding tert-OH is 1. The van der Waals surface area contributed by atoms with Gasteiger partial charge in [0.25, 0.3) is 0 Å². The molecule has 0 aliphatic heterocycles. The number of rotatable bonds is 3. The fraction of sp³-hybridized carbons (Fsp3) is 0.333. The number of halogens is 2. The number of aliphatic hydroxyl groups is 1. The lowest BCUT2D eigenvalue weighted by Crippen LogP contribution is -2.11. The molecule has 0 saturated heterocycles. The van der Waals surface area contributed by atoms with Crippen LogP contribution in [-0.4, -0.2) is 5.11 Å². The Bertz CT molecular complexity index is 612. The van der Waals surface area contributed by atoms with Crippen molar-refractivity contribution in [3.05, 3.63) is 69.2 Å². The molecule has 1 atom stereocenters. The minimum absolute atomic E-state index is 0.114. The van der Waals surface area contributed by atoms with E-state index in [1.807, 2.05) is 18.2 Å². The molecule has 21 heavy (non-hydrogen) atoms. The van der Waals surface area contributed by atoms with E-state index in [1.54, 1.807) is 12.1 Å². The maximum absolute atomic E-state index is 10.4. The Labute approximate surface area is 136 Å². The average Bonchev–Trinajstić information content (AvgIpc) is 2.41. The minimum Gasteiger partial charge on any atom is -0.388 e. The molecule has 0 saturated carbocycles. The van der Waals surface area contributed by atoms with Crippen LogP contribution in [0.3, 0.4) is 0 Å². The van der Waals surface area contributed by atoms with E-state index in [-0.39, 0.29) is 5.41 Å². The molecule has 2 aromatic carbocycles. The van der Waals surface area contributed by atoms with Crippen LogP contribution in [0, 0.1) is 0 Å². The Balaban J connectivity index is 2.15. The van der Waals surface area contributed by atoms with Gasteiger partial charge >= 0.3 is 0 Å². The fourth-order valence-corrected chi connectivity index (χ4v) is 2.70. The molecule has 2 aromatic rings. The van der Waals surface area contributed by atoms with Crippen LogP contribution in [-0.2, 0) is 11.8 Å². The van der Waals surface area contributed by atoms with Crippen LogP contribution in [0.2, 0.25) is 10.0 Å². The average molecular weight is 323 g/mol. The molecule has 0 fully saturated rings. The predicted molar refractivity (Wildman–Crippen MR) is 90.3 cm³/mol. The van der Waals surface area contributed by atoms with E-state index in [0.29, 0.717) is 16.5 Å². The number of hydrogen-bond donors (Lipinski definition) is 1. The Morgan fingerprint density at radius 3 is 2.14 bits per heavy atom. The maximum Gasteiger partial charge on any atom is 0.0830 e. The van der Waals surface area contributed by atoms with Crippen molar-refractivity contribution in [1.82, 2.24) is 0 Å². The molecule has 112 valence electrons. The third-order valence-electron chi connectivity index (χ3n) is 3.59. The van der Waals surface area contributed by atoms with E-state index in [4.69, 9.17) is 23.2 Å². The summed E-state index contributed by atoms with van der Waals surface area (Å²) >= 11 is 12.0. The lowest BCUT2D eigenvalue weighted by atomic mass is 9.86. The highest BCUT2D eigenvalue weighted by Crippen LogP contribution is 2.28. The van der Waals surface area contributed by atoms with E-state index in [2.05, 4.69) is 32.9 Å². The molecule has 2 rings (SSSR count). The molecular weight excluding hydrogens is 303 g/mol. The minimum atomic E-state index is -0.572. The predicted octanol–water partition coefficient (Wildman–Crippen LogP) is 5.57. The fourth-order valence-electron chi connectivity index (χ4n) is 2.22. The zero-order chi connectivity index (χ0) is 15.6. The van der Waals surface area contributed by atoms with Gasteiger partial charge in [-0.15, -0.1) is 0 Å². The van der Waals surface area contributed by atoms with E-state index in [0.717, 1.165) is 11.1 Å². The van der Waals surface area contributed by atoms with Crippen LogP contribution in [0.4, 0.5) is 0 Å². The Morgan fingerprint density at radius 2 is 1.62 bits per heavy atom. The molecule has 0 spiro atoms. The topological polar surface area (TPSA) is 20.2 Å². The summed E-state index contributed by atoms with van der Waals surface area (Å²) in [5, 5.41) is 11.6. The van der Waals surface area contributed by atoms with Crippen molar-refractivity contribution in [1.29, 1.82) is 0 Å². The summed E-state index contributed by atoms with van der Waals surface area (Å²) in [6, 6.07) is 13.5. The van der Waals surface area contributed by atoms with E-state index >= 15 is 0 Å². The first kappa shape index (κ1) is 16.4. The summed E-state index contributed by atoms with van der Waals surface area (Å²) in [6.45, 7) is 6.52. The van der Waals surface area contributed by atoms with Gasteiger partial charge in [0, 0.05) is 16.5 Å². The van der Waals surface area contributed by atoms with Gasteiger partial charge in [0.1, 0.15) is 0 Å². The molecule has 1 unspecified atom stereocenters. The normalized spacial score (nSPS) is 13.2. The smallest absolute Gasteiger partial charge is 0.0830 e. The first-order chi connectivity index (χ1) is 9.77. The van der Waals surface area contributed by atoms with Crippen molar-refractivity contribution in [2.45, 2.75) is 38.7 Å². The van der Waals surface area contributed by atoms with Crippen molar-refractivity contribution in [2.24, 2.45) is 0 Å².